The van der Waals surface area contributed by atoms with E-state index in [0.717, 1.165) is 37.8 Å². The van der Waals surface area contributed by atoms with Crippen LogP contribution < -0.4 is 11.2 Å². The van der Waals surface area contributed by atoms with Gasteiger partial charge in [-0.1, -0.05) is 17.7 Å². The second kappa shape index (κ2) is 9.53. The molecule has 1 fully saturated rings. The Hall–Kier alpha value is -2.67. The Balaban J connectivity index is 1.50. The number of anilines is 2. The minimum absolute atomic E-state index is 0.186. The predicted molar refractivity (Wildman–Crippen MR) is 131 cm³/mol. The molecule has 12 heteroatoms. The van der Waals surface area contributed by atoms with Gasteiger partial charge in [-0.3, -0.25) is 4.18 Å². The van der Waals surface area contributed by atoms with Crippen molar-refractivity contribution < 1.29 is 21.0 Å². The lowest BCUT2D eigenvalue weighted by Gasteiger charge is -2.33. The summed E-state index contributed by atoms with van der Waals surface area (Å²) in [6.45, 7) is 3.55. The highest BCUT2D eigenvalue weighted by Gasteiger charge is 2.24. The number of hydrogen-bond donors (Lipinski definition) is 2. The highest BCUT2D eigenvalue weighted by molar-refractivity contribution is 7.90. The molecule has 1 aliphatic rings. The Morgan fingerprint density at radius 1 is 1.12 bits per heavy atom. The van der Waals surface area contributed by atoms with Crippen LogP contribution in [0.1, 0.15) is 24.8 Å². The molecule has 0 radical (unpaired) electrons. The summed E-state index contributed by atoms with van der Waals surface area (Å²) >= 11 is 0. The van der Waals surface area contributed by atoms with Crippen LogP contribution in [0.4, 0.5) is 11.4 Å². The van der Waals surface area contributed by atoms with Crippen molar-refractivity contribution >= 4 is 42.5 Å². The van der Waals surface area contributed by atoms with Gasteiger partial charge in [-0.05, 0) is 50.3 Å². The smallest absolute Gasteiger partial charge is 0.269 e. The van der Waals surface area contributed by atoms with Gasteiger partial charge in [0.2, 0.25) is 0 Å². The number of nitrogens with one attached hydrogen (secondary N) is 1. The fourth-order valence-electron chi connectivity index (χ4n) is 4.08. The number of rotatable bonds is 8. The second-order valence-corrected chi connectivity index (χ2v) is 12.1. The minimum atomic E-state index is -3.81. The molecule has 0 atom stereocenters. The van der Waals surface area contributed by atoms with Gasteiger partial charge in [0.15, 0.2) is 5.65 Å². The van der Waals surface area contributed by atoms with Crippen molar-refractivity contribution in [2.24, 2.45) is 5.92 Å². The number of aromatic nitrogens is 2. The lowest BCUT2D eigenvalue weighted by Crippen LogP contribution is -2.38. The van der Waals surface area contributed by atoms with Crippen LogP contribution in [0.2, 0.25) is 0 Å². The van der Waals surface area contributed by atoms with Crippen LogP contribution in [0.25, 0.3) is 11.0 Å². The van der Waals surface area contributed by atoms with Crippen molar-refractivity contribution in [2.75, 3.05) is 37.1 Å². The molecule has 1 saturated heterocycles. The van der Waals surface area contributed by atoms with Crippen molar-refractivity contribution in [3.05, 3.63) is 48.3 Å². The van der Waals surface area contributed by atoms with Gasteiger partial charge < -0.3 is 11.2 Å². The molecule has 0 saturated carbocycles. The van der Waals surface area contributed by atoms with E-state index in [9.17, 15) is 16.8 Å². The molecule has 0 amide bonds. The van der Waals surface area contributed by atoms with Gasteiger partial charge in [0.05, 0.1) is 35.3 Å². The number of piperidine rings is 1. The topological polar surface area (TPSA) is 137 Å². The third kappa shape index (κ3) is 5.35. The highest BCUT2D eigenvalue weighted by atomic mass is 32.2. The molecular formula is C22H29N5O5S2. The number of nitrogens with two attached hydrogens (primary N) is 1. The molecule has 4 rings (SSSR count). The number of aryl methyl sites for hydroxylation is 1. The van der Waals surface area contributed by atoms with E-state index in [1.807, 2.05) is 11.9 Å². The van der Waals surface area contributed by atoms with E-state index in [-0.39, 0.29) is 11.5 Å². The van der Waals surface area contributed by atoms with E-state index < -0.39 is 20.1 Å². The molecule has 1 aromatic carbocycles. The van der Waals surface area contributed by atoms with Gasteiger partial charge in [0, 0.05) is 24.7 Å². The van der Waals surface area contributed by atoms with E-state index in [1.165, 1.54) is 16.4 Å². The van der Waals surface area contributed by atoms with E-state index in [1.54, 1.807) is 30.3 Å². The minimum Gasteiger partial charge on any atom is -0.396 e. The molecule has 0 unspecified atom stereocenters. The molecule has 1 aliphatic heterocycles. The molecule has 10 nitrogen and oxygen atoms in total. The van der Waals surface area contributed by atoms with Crippen LogP contribution in [-0.2, 0) is 24.3 Å². The highest BCUT2D eigenvalue weighted by Crippen LogP contribution is 2.32. The molecule has 34 heavy (non-hydrogen) atoms. The number of nitrogen functional groups attached to an aromatic ring is 1. The van der Waals surface area contributed by atoms with Crippen LogP contribution >= 0.6 is 0 Å². The SMILES string of the molecule is Cc1ccc(S(=O)(=O)n2ccc3c(NN4CCC(CCOS(C)(=O)=O)CC4)c(N)cnc32)cc1. The monoisotopic (exact) mass is 507 g/mol. The molecule has 3 heterocycles. The van der Waals surface area contributed by atoms with Gasteiger partial charge in [0.1, 0.15) is 0 Å². The fraction of sp³-hybridized carbons (Fsp3) is 0.409. The molecular weight excluding hydrogens is 478 g/mol. The summed E-state index contributed by atoms with van der Waals surface area (Å²) in [7, 11) is -7.23. The van der Waals surface area contributed by atoms with E-state index in [4.69, 9.17) is 9.92 Å². The molecule has 3 aromatic rings. The first-order chi connectivity index (χ1) is 16.0. The molecule has 0 spiro atoms. The van der Waals surface area contributed by atoms with Crippen LogP contribution in [0, 0.1) is 12.8 Å². The van der Waals surface area contributed by atoms with E-state index >= 15 is 0 Å². The second-order valence-electron chi connectivity index (χ2n) is 8.61. The number of fused-ring (bicyclic) bond motifs is 1. The summed E-state index contributed by atoms with van der Waals surface area (Å²) in [6, 6.07) is 8.38. The van der Waals surface area contributed by atoms with Gasteiger partial charge in [-0.25, -0.2) is 22.4 Å². The predicted octanol–water partition coefficient (Wildman–Crippen LogP) is 2.57. The van der Waals surface area contributed by atoms with Gasteiger partial charge in [0.25, 0.3) is 20.1 Å². The zero-order valence-electron chi connectivity index (χ0n) is 19.1. The largest absolute Gasteiger partial charge is 0.396 e. The Morgan fingerprint density at radius 2 is 1.79 bits per heavy atom. The fourth-order valence-corrected chi connectivity index (χ4v) is 5.78. The number of hydrogen-bond acceptors (Lipinski definition) is 9. The first-order valence-corrected chi connectivity index (χ1v) is 14.2. The average Bonchev–Trinajstić information content (AvgIpc) is 3.21. The summed E-state index contributed by atoms with van der Waals surface area (Å²) in [5, 5.41) is 2.64. The van der Waals surface area contributed by atoms with Gasteiger partial charge in [-0.2, -0.15) is 8.42 Å². The number of pyridine rings is 1. The normalized spacial score (nSPS) is 16.2. The Bertz CT molecular complexity index is 1380. The molecule has 3 N–H and O–H groups in total. The number of hydrazine groups is 1. The van der Waals surface area contributed by atoms with Crippen LogP contribution in [0.15, 0.2) is 47.6 Å². The third-order valence-corrected chi connectivity index (χ3v) is 8.27. The summed E-state index contributed by atoms with van der Waals surface area (Å²) in [5.41, 5.74) is 11.8. The lowest BCUT2D eigenvalue weighted by atomic mass is 9.95. The number of nitrogens with zero attached hydrogens (tertiary/aromatic N) is 3. The van der Waals surface area contributed by atoms with Gasteiger partial charge >= 0.3 is 0 Å². The zero-order valence-corrected chi connectivity index (χ0v) is 20.8. The molecule has 0 bridgehead atoms. The zero-order chi connectivity index (χ0) is 24.5. The van der Waals surface area contributed by atoms with Crippen molar-refractivity contribution in [1.82, 2.24) is 14.0 Å². The molecule has 184 valence electrons. The van der Waals surface area contributed by atoms with Crippen LogP contribution in [0.5, 0.6) is 0 Å². The van der Waals surface area contributed by atoms with Gasteiger partial charge in [-0.15, -0.1) is 0 Å². The van der Waals surface area contributed by atoms with E-state index in [0.29, 0.717) is 34.7 Å². The molecule has 0 aliphatic carbocycles. The van der Waals surface area contributed by atoms with Crippen LogP contribution in [-0.4, -0.2) is 56.8 Å². The summed E-state index contributed by atoms with van der Waals surface area (Å²) in [5.74, 6) is 0.371. The van der Waals surface area contributed by atoms with Crippen molar-refractivity contribution in [2.45, 2.75) is 31.1 Å². The van der Waals surface area contributed by atoms with Crippen molar-refractivity contribution in [1.29, 1.82) is 0 Å². The Morgan fingerprint density at radius 3 is 2.44 bits per heavy atom. The average molecular weight is 508 g/mol. The Labute approximate surface area is 199 Å². The number of benzene rings is 1. The quantitative estimate of drug-likeness (QED) is 0.441. The lowest BCUT2D eigenvalue weighted by molar-refractivity contribution is 0.188. The first-order valence-electron chi connectivity index (χ1n) is 11.0. The van der Waals surface area contributed by atoms with Crippen LogP contribution in [0.3, 0.4) is 0 Å². The standard InChI is InChI=1S/C22H29N5O5S2/c1-16-3-5-18(6-4-16)34(30,31)27-13-9-19-21(20(23)15-24-22(19)27)25-26-11-7-17(8-12-26)10-14-32-33(2,28)29/h3-6,9,13,15,17H,7-8,10-12,14,23H2,1-2H3,(H,24,25). The third-order valence-electron chi connectivity index (χ3n) is 6.00. The maximum Gasteiger partial charge on any atom is 0.269 e. The first kappa shape index (κ1) is 24.5. The van der Waals surface area contributed by atoms with Crippen molar-refractivity contribution in [3.63, 3.8) is 0 Å². The van der Waals surface area contributed by atoms with E-state index in [2.05, 4.69) is 10.4 Å². The maximum absolute atomic E-state index is 13.2. The van der Waals surface area contributed by atoms with Crippen molar-refractivity contribution in [3.8, 4) is 0 Å². The maximum atomic E-state index is 13.2. The summed E-state index contributed by atoms with van der Waals surface area (Å²) < 4.78 is 54.7. The summed E-state index contributed by atoms with van der Waals surface area (Å²) in [4.78, 5) is 4.49. The summed E-state index contributed by atoms with van der Waals surface area (Å²) in [6.07, 6.45) is 6.43. The Kier molecular flexibility index (Phi) is 6.85. The molecule has 2 aromatic heterocycles.